The van der Waals surface area contributed by atoms with Crippen LogP contribution in [0.1, 0.15) is 32.3 Å². The molecule has 4 nitrogen and oxygen atoms in total. The van der Waals surface area contributed by atoms with E-state index in [1.807, 2.05) is 18.2 Å². The van der Waals surface area contributed by atoms with Gasteiger partial charge < -0.3 is 15.3 Å². The molecule has 2 atom stereocenters. The summed E-state index contributed by atoms with van der Waals surface area (Å²) in [6.45, 7) is 5.30. The third-order valence-corrected chi connectivity index (χ3v) is 4.01. The Kier molecular flexibility index (Phi) is 5.01. The molecule has 20 heavy (non-hydrogen) atoms. The van der Waals surface area contributed by atoms with Crippen molar-refractivity contribution in [2.45, 2.75) is 39.2 Å². The van der Waals surface area contributed by atoms with Crippen molar-refractivity contribution in [3.63, 3.8) is 0 Å². The Bertz CT molecular complexity index is 460. The molecule has 1 aromatic carbocycles. The van der Waals surface area contributed by atoms with Crippen LogP contribution in [-0.4, -0.2) is 35.2 Å². The molecule has 1 aliphatic heterocycles. The summed E-state index contributed by atoms with van der Waals surface area (Å²) in [4.78, 5) is 14.1. The van der Waals surface area contributed by atoms with Gasteiger partial charge in [-0.1, -0.05) is 19.1 Å². The van der Waals surface area contributed by atoms with Gasteiger partial charge in [0.2, 0.25) is 0 Å². The molecule has 2 N–H and O–H groups in total. The summed E-state index contributed by atoms with van der Waals surface area (Å²) in [6.07, 6.45) is 2.55. The Hall–Kier alpha value is -1.55. The molecule has 2 amide bonds. The molecule has 1 aromatic rings. The fourth-order valence-electron chi connectivity index (χ4n) is 2.66. The SMILES string of the molecule is CCc1cccc(NC(=O)N2CCCC(C(C)O)C2)c1. The van der Waals surface area contributed by atoms with Crippen molar-refractivity contribution >= 4 is 11.7 Å². The normalized spacial score (nSPS) is 20.6. The molecule has 4 heteroatoms. The van der Waals surface area contributed by atoms with E-state index in [-0.39, 0.29) is 18.1 Å². The molecule has 0 aromatic heterocycles. The van der Waals surface area contributed by atoms with E-state index in [2.05, 4.69) is 18.3 Å². The van der Waals surface area contributed by atoms with Crippen molar-refractivity contribution in [3.05, 3.63) is 29.8 Å². The lowest BCUT2D eigenvalue weighted by atomic mass is 9.94. The second-order valence-electron chi connectivity index (χ2n) is 5.57. The minimum atomic E-state index is -0.353. The van der Waals surface area contributed by atoms with Crippen LogP contribution in [-0.2, 0) is 6.42 Å². The number of nitrogens with one attached hydrogen (secondary N) is 1. The number of aliphatic hydroxyl groups is 1. The minimum Gasteiger partial charge on any atom is -0.393 e. The molecule has 0 aliphatic carbocycles. The number of hydrogen-bond acceptors (Lipinski definition) is 2. The number of benzene rings is 1. The van der Waals surface area contributed by atoms with Crippen molar-refractivity contribution < 1.29 is 9.90 Å². The summed E-state index contributed by atoms with van der Waals surface area (Å²) < 4.78 is 0. The van der Waals surface area contributed by atoms with Crippen LogP contribution in [0.15, 0.2) is 24.3 Å². The van der Waals surface area contributed by atoms with E-state index < -0.39 is 0 Å². The Morgan fingerprint density at radius 2 is 2.35 bits per heavy atom. The smallest absolute Gasteiger partial charge is 0.321 e. The summed E-state index contributed by atoms with van der Waals surface area (Å²) in [5.41, 5.74) is 2.05. The number of nitrogens with zero attached hydrogens (tertiary/aromatic N) is 1. The first-order valence-electron chi connectivity index (χ1n) is 7.43. The second kappa shape index (κ2) is 6.75. The molecule has 0 radical (unpaired) electrons. The molecular formula is C16H24N2O2. The van der Waals surface area contributed by atoms with Crippen LogP contribution in [0.3, 0.4) is 0 Å². The number of piperidine rings is 1. The number of aryl methyl sites for hydroxylation is 1. The van der Waals surface area contributed by atoms with E-state index in [1.165, 1.54) is 5.56 Å². The molecule has 2 rings (SSSR count). The summed E-state index contributed by atoms with van der Waals surface area (Å²) in [5.74, 6) is 0.191. The van der Waals surface area contributed by atoms with Crippen LogP contribution in [0, 0.1) is 5.92 Å². The van der Waals surface area contributed by atoms with Gasteiger partial charge in [0.05, 0.1) is 6.10 Å². The maximum absolute atomic E-state index is 12.3. The van der Waals surface area contributed by atoms with Gasteiger partial charge in [0, 0.05) is 24.7 Å². The molecule has 110 valence electrons. The predicted molar refractivity (Wildman–Crippen MR) is 80.8 cm³/mol. The zero-order valence-electron chi connectivity index (χ0n) is 12.3. The van der Waals surface area contributed by atoms with Gasteiger partial charge >= 0.3 is 6.03 Å². The maximum atomic E-state index is 12.3. The molecule has 0 bridgehead atoms. The summed E-state index contributed by atoms with van der Waals surface area (Å²) in [5, 5.41) is 12.6. The van der Waals surface area contributed by atoms with E-state index in [0.29, 0.717) is 6.54 Å². The zero-order valence-corrected chi connectivity index (χ0v) is 12.3. The topological polar surface area (TPSA) is 52.6 Å². The van der Waals surface area contributed by atoms with Crippen LogP contribution in [0.2, 0.25) is 0 Å². The highest BCUT2D eigenvalue weighted by atomic mass is 16.3. The molecule has 0 saturated carbocycles. The quantitative estimate of drug-likeness (QED) is 0.892. The van der Waals surface area contributed by atoms with Gasteiger partial charge in [0.25, 0.3) is 0 Å². The number of hydrogen-bond donors (Lipinski definition) is 2. The molecule has 1 aliphatic rings. The Balaban J connectivity index is 1.97. The lowest BCUT2D eigenvalue weighted by Crippen LogP contribution is -2.44. The predicted octanol–water partition coefficient (Wildman–Crippen LogP) is 2.87. The molecule has 1 fully saturated rings. The van der Waals surface area contributed by atoms with Crippen LogP contribution in [0.25, 0.3) is 0 Å². The van der Waals surface area contributed by atoms with Crippen molar-refractivity contribution in [3.8, 4) is 0 Å². The first-order chi connectivity index (χ1) is 9.60. The third kappa shape index (κ3) is 3.73. The van der Waals surface area contributed by atoms with Crippen LogP contribution >= 0.6 is 0 Å². The van der Waals surface area contributed by atoms with Gasteiger partial charge in [0.1, 0.15) is 0 Å². The number of aliphatic hydroxyl groups excluding tert-OH is 1. The first kappa shape index (κ1) is 14.9. The van der Waals surface area contributed by atoms with Crippen molar-refractivity contribution in [1.82, 2.24) is 4.90 Å². The Morgan fingerprint density at radius 1 is 1.55 bits per heavy atom. The largest absolute Gasteiger partial charge is 0.393 e. The second-order valence-corrected chi connectivity index (χ2v) is 5.57. The van der Waals surface area contributed by atoms with Crippen molar-refractivity contribution in [1.29, 1.82) is 0 Å². The highest BCUT2D eigenvalue weighted by Crippen LogP contribution is 2.20. The monoisotopic (exact) mass is 276 g/mol. The van der Waals surface area contributed by atoms with Crippen molar-refractivity contribution in [2.24, 2.45) is 5.92 Å². The molecule has 1 saturated heterocycles. The lowest BCUT2D eigenvalue weighted by Gasteiger charge is -2.34. The van der Waals surface area contributed by atoms with Crippen LogP contribution < -0.4 is 5.32 Å². The van der Waals surface area contributed by atoms with Gasteiger partial charge in [-0.05, 0) is 43.9 Å². The first-order valence-corrected chi connectivity index (χ1v) is 7.43. The lowest BCUT2D eigenvalue weighted by molar-refractivity contribution is 0.0766. The number of rotatable bonds is 3. The fourth-order valence-corrected chi connectivity index (χ4v) is 2.66. The van der Waals surface area contributed by atoms with E-state index in [4.69, 9.17) is 0 Å². The highest BCUT2D eigenvalue weighted by molar-refractivity contribution is 5.89. The fraction of sp³-hybridized carbons (Fsp3) is 0.562. The van der Waals surface area contributed by atoms with Crippen LogP contribution in [0.5, 0.6) is 0 Å². The number of anilines is 1. The molecular weight excluding hydrogens is 252 g/mol. The molecule has 2 unspecified atom stereocenters. The van der Waals surface area contributed by atoms with Crippen LogP contribution in [0.4, 0.5) is 10.5 Å². The number of carbonyl (C=O) groups is 1. The van der Waals surface area contributed by atoms with Gasteiger partial charge in [-0.25, -0.2) is 4.79 Å². The summed E-state index contributed by atoms with van der Waals surface area (Å²) in [6, 6.07) is 7.87. The Labute approximate surface area is 120 Å². The van der Waals surface area contributed by atoms with E-state index in [1.54, 1.807) is 11.8 Å². The number of likely N-dealkylation sites (tertiary alicyclic amines) is 1. The average Bonchev–Trinajstić information content (AvgIpc) is 2.47. The minimum absolute atomic E-state index is 0.0661. The summed E-state index contributed by atoms with van der Waals surface area (Å²) in [7, 11) is 0. The number of carbonyl (C=O) groups excluding carboxylic acids is 1. The Morgan fingerprint density at radius 3 is 3.05 bits per heavy atom. The highest BCUT2D eigenvalue weighted by Gasteiger charge is 2.26. The average molecular weight is 276 g/mol. The maximum Gasteiger partial charge on any atom is 0.321 e. The standard InChI is InChI=1S/C16H24N2O2/c1-3-13-6-4-8-15(10-13)17-16(20)18-9-5-7-14(11-18)12(2)19/h4,6,8,10,12,14,19H,3,5,7,9,11H2,1-2H3,(H,17,20). The van der Waals surface area contributed by atoms with Gasteiger partial charge in [0.15, 0.2) is 0 Å². The van der Waals surface area contributed by atoms with Gasteiger partial charge in [-0.2, -0.15) is 0 Å². The zero-order chi connectivity index (χ0) is 14.5. The number of amides is 2. The number of urea groups is 1. The van der Waals surface area contributed by atoms with E-state index >= 15 is 0 Å². The van der Waals surface area contributed by atoms with E-state index in [0.717, 1.165) is 31.5 Å². The van der Waals surface area contributed by atoms with E-state index in [9.17, 15) is 9.90 Å². The van der Waals surface area contributed by atoms with Crippen molar-refractivity contribution in [2.75, 3.05) is 18.4 Å². The summed E-state index contributed by atoms with van der Waals surface area (Å²) >= 11 is 0. The molecule has 1 heterocycles. The molecule has 0 spiro atoms. The van der Waals surface area contributed by atoms with Gasteiger partial charge in [-0.3, -0.25) is 0 Å². The third-order valence-electron chi connectivity index (χ3n) is 4.01. The van der Waals surface area contributed by atoms with Gasteiger partial charge in [-0.15, -0.1) is 0 Å².